The van der Waals surface area contributed by atoms with Crippen molar-refractivity contribution < 1.29 is 19.0 Å². The van der Waals surface area contributed by atoms with Gasteiger partial charge in [-0.3, -0.25) is 4.79 Å². The number of carboxylic acids is 1. The number of carbonyl (C=O) groups is 1. The van der Waals surface area contributed by atoms with Gasteiger partial charge >= 0.3 is 5.97 Å². The highest BCUT2D eigenvalue weighted by atomic mass is 19.1. The molecule has 0 saturated heterocycles. The number of aliphatic carboxylic acids is 1. The summed E-state index contributed by atoms with van der Waals surface area (Å²) in [4.78, 5) is 10.6. The standard InChI is InChI=1S/C11H14FNO3/c1-6-3-8(12)10(16-2)5-7(6)4-9(13)11(14)15/h3,5,9H,4,13H2,1-2H3,(H,14,15). The fourth-order valence-corrected chi connectivity index (χ4v) is 1.40. The van der Waals surface area contributed by atoms with Gasteiger partial charge in [0.05, 0.1) is 7.11 Å². The SMILES string of the molecule is COc1cc(CC(N)C(=O)O)c(C)cc1F. The maximum atomic E-state index is 13.3. The number of methoxy groups -OCH3 is 1. The van der Waals surface area contributed by atoms with Gasteiger partial charge in [0.1, 0.15) is 6.04 Å². The Balaban J connectivity index is 3.00. The van der Waals surface area contributed by atoms with Crippen LogP contribution < -0.4 is 10.5 Å². The summed E-state index contributed by atoms with van der Waals surface area (Å²) in [5.74, 6) is -1.45. The Hall–Kier alpha value is -1.62. The van der Waals surface area contributed by atoms with E-state index >= 15 is 0 Å². The molecule has 16 heavy (non-hydrogen) atoms. The van der Waals surface area contributed by atoms with Crippen molar-refractivity contribution in [2.45, 2.75) is 19.4 Å². The first-order chi connectivity index (χ1) is 7.45. The summed E-state index contributed by atoms with van der Waals surface area (Å²) < 4.78 is 18.1. The van der Waals surface area contributed by atoms with Crippen molar-refractivity contribution in [2.24, 2.45) is 5.73 Å². The topological polar surface area (TPSA) is 72.5 Å². The zero-order valence-electron chi connectivity index (χ0n) is 9.16. The lowest BCUT2D eigenvalue weighted by molar-refractivity contribution is -0.138. The van der Waals surface area contributed by atoms with Crippen LogP contribution >= 0.6 is 0 Å². The van der Waals surface area contributed by atoms with E-state index in [1.165, 1.54) is 19.2 Å². The van der Waals surface area contributed by atoms with E-state index in [0.717, 1.165) is 0 Å². The summed E-state index contributed by atoms with van der Waals surface area (Å²) in [7, 11) is 1.36. The molecular formula is C11H14FNO3. The molecule has 1 rings (SSSR count). The van der Waals surface area contributed by atoms with E-state index in [9.17, 15) is 9.18 Å². The Morgan fingerprint density at radius 3 is 2.75 bits per heavy atom. The number of aryl methyl sites for hydroxylation is 1. The Morgan fingerprint density at radius 1 is 1.62 bits per heavy atom. The van der Waals surface area contributed by atoms with Gasteiger partial charge in [-0.1, -0.05) is 0 Å². The fourth-order valence-electron chi connectivity index (χ4n) is 1.40. The van der Waals surface area contributed by atoms with Crippen LogP contribution in [0.25, 0.3) is 0 Å². The zero-order chi connectivity index (χ0) is 12.3. The molecule has 4 nitrogen and oxygen atoms in total. The predicted octanol–water partition coefficient (Wildman–Crippen LogP) is 1.10. The van der Waals surface area contributed by atoms with E-state index in [1.54, 1.807) is 6.92 Å². The van der Waals surface area contributed by atoms with E-state index < -0.39 is 17.8 Å². The first kappa shape index (κ1) is 12.4. The van der Waals surface area contributed by atoms with Gasteiger partial charge in [-0.15, -0.1) is 0 Å². The maximum absolute atomic E-state index is 13.3. The third kappa shape index (κ3) is 2.70. The minimum Gasteiger partial charge on any atom is -0.494 e. The van der Waals surface area contributed by atoms with Gasteiger partial charge in [0.2, 0.25) is 0 Å². The van der Waals surface area contributed by atoms with Crippen molar-refractivity contribution in [1.29, 1.82) is 0 Å². The number of carboxylic acid groups (broad SMARTS) is 1. The summed E-state index contributed by atoms with van der Waals surface area (Å²) in [6.45, 7) is 1.70. The predicted molar refractivity (Wildman–Crippen MR) is 57.0 cm³/mol. The normalized spacial score (nSPS) is 12.2. The second-order valence-corrected chi connectivity index (χ2v) is 3.56. The monoisotopic (exact) mass is 227 g/mol. The molecule has 0 aliphatic carbocycles. The van der Waals surface area contributed by atoms with E-state index in [1.807, 2.05) is 0 Å². The van der Waals surface area contributed by atoms with Crippen LogP contribution in [0, 0.1) is 12.7 Å². The number of rotatable bonds is 4. The van der Waals surface area contributed by atoms with Crippen molar-refractivity contribution >= 4 is 5.97 Å². The van der Waals surface area contributed by atoms with Gasteiger partial charge in [0, 0.05) is 0 Å². The molecule has 0 amide bonds. The zero-order valence-corrected chi connectivity index (χ0v) is 9.16. The minimum atomic E-state index is -1.08. The molecule has 0 aromatic heterocycles. The number of halogens is 1. The molecule has 88 valence electrons. The van der Waals surface area contributed by atoms with E-state index in [4.69, 9.17) is 15.6 Å². The van der Waals surface area contributed by atoms with Crippen LogP contribution in [-0.4, -0.2) is 24.2 Å². The van der Waals surface area contributed by atoms with Crippen LogP contribution in [0.15, 0.2) is 12.1 Å². The Bertz CT molecular complexity index is 406. The number of ether oxygens (including phenoxy) is 1. The van der Waals surface area contributed by atoms with Crippen molar-refractivity contribution in [1.82, 2.24) is 0 Å². The maximum Gasteiger partial charge on any atom is 0.320 e. The molecule has 1 aromatic carbocycles. The first-order valence-corrected chi connectivity index (χ1v) is 4.77. The van der Waals surface area contributed by atoms with Crippen LogP contribution in [0.1, 0.15) is 11.1 Å². The molecule has 0 fully saturated rings. The van der Waals surface area contributed by atoms with Gasteiger partial charge in [-0.25, -0.2) is 4.39 Å². The van der Waals surface area contributed by atoms with Gasteiger partial charge in [-0.05, 0) is 36.6 Å². The van der Waals surface area contributed by atoms with Gasteiger partial charge < -0.3 is 15.6 Å². The molecule has 5 heteroatoms. The van der Waals surface area contributed by atoms with E-state index in [2.05, 4.69) is 0 Å². The van der Waals surface area contributed by atoms with Crippen LogP contribution in [-0.2, 0) is 11.2 Å². The highest BCUT2D eigenvalue weighted by Gasteiger charge is 2.15. The largest absolute Gasteiger partial charge is 0.494 e. The number of benzene rings is 1. The van der Waals surface area contributed by atoms with Crippen molar-refractivity contribution in [3.05, 3.63) is 29.1 Å². The van der Waals surface area contributed by atoms with Gasteiger partial charge in [0.15, 0.2) is 11.6 Å². The lowest BCUT2D eigenvalue weighted by Gasteiger charge is -2.11. The molecule has 0 heterocycles. The fraction of sp³-hybridized carbons (Fsp3) is 0.364. The lowest BCUT2D eigenvalue weighted by Crippen LogP contribution is -2.32. The molecule has 1 atom stereocenters. The van der Waals surface area contributed by atoms with Crippen molar-refractivity contribution in [2.75, 3.05) is 7.11 Å². The van der Waals surface area contributed by atoms with E-state index in [-0.39, 0.29) is 12.2 Å². The molecule has 0 aliphatic heterocycles. The Kier molecular flexibility index (Phi) is 3.84. The summed E-state index contributed by atoms with van der Waals surface area (Å²) in [6.07, 6.45) is 0.151. The van der Waals surface area contributed by atoms with Crippen LogP contribution in [0.4, 0.5) is 4.39 Å². The molecule has 3 N–H and O–H groups in total. The molecule has 0 aliphatic rings. The molecule has 1 unspecified atom stereocenters. The van der Waals surface area contributed by atoms with Crippen LogP contribution in [0.2, 0.25) is 0 Å². The Morgan fingerprint density at radius 2 is 2.25 bits per heavy atom. The average molecular weight is 227 g/mol. The highest BCUT2D eigenvalue weighted by Crippen LogP contribution is 2.22. The summed E-state index contributed by atoms with van der Waals surface area (Å²) in [5.41, 5.74) is 6.75. The van der Waals surface area contributed by atoms with Crippen molar-refractivity contribution in [3.63, 3.8) is 0 Å². The third-order valence-corrected chi connectivity index (χ3v) is 2.37. The highest BCUT2D eigenvalue weighted by molar-refractivity contribution is 5.73. The smallest absolute Gasteiger partial charge is 0.320 e. The summed E-state index contributed by atoms with van der Waals surface area (Å²) in [6, 6.07) is 1.80. The first-order valence-electron chi connectivity index (χ1n) is 4.77. The number of hydrogen-bond acceptors (Lipinski definition) is 3. The van der Waals surface area contributed by atoms with Crippen molar-refractivity contribution in [3.8, 4) is 5.75 Å². The summed E-state index contributed by atoms with van der Waals surface area (Å²) in [5, 5.41) is 8.68. The Labute approximate surface area is 92.8 Å². The molecule has 1 aromatic rings. The second kappa shape index (κ2) is 4.94. The van der Waals surface area contributed by atoms with Gasteiger partial charge in [-0.2, -0.15) is 0 Å². The second-order valence-electron chi connectivity index (χ2n) is 3.56. The number of nitrogens with two attached hydrogens (primary N) is 1. The average Bonchev–Trinajstić information content (AvgIpc) is 2.21. The van der Waals surface area contributed by atoms with Crippen LogP contribution in [0.5, 0.6) is 5.75 Å². The van der Waals surface area contributed by atoms with Crippen LogP contribution in [0.3, 0.4) is 0 Å². The van der Waals surface area contributed by atoms with E-state index in [0.29, 0.717) is 11.1 Å². The molecule has 0 spiro atoms. The molecule has 0 bridgehead atoms. The third-order valence-electron chi connectivity index (χ3n) is 2.37. The molecule has 0 saturated carbocycles. The summed E-state index contributed by atoms with van der Waals surface area (Å²) >= 11 is 0. The molecule has 0 radical (unpaired) electrons. The minimum absolute atomic E-state index is 0.0955. The lowest BCUT2D eigenvalue weighted by atomic mass is 10.0. The van der Waals surface area contributed by atoms with Gasteiger partial charge in [0.25, 0.3) is 0 Å². The number of hydrogen-bond donors (Lipinski definition) is 2. The molecular weight excluding hydrogens is 213 g/mol. The quantitative estimate of drug-likeness (QED) is 0.807.